The number of fused-ring (bicyclic) bond motifs is 3. The van der Waals surface area contributed by atoms with Crippen LogP contribution in [0.15, 0.2) is 91.1 Å². The van der Waals surface area contributed by atoms with Gasteiger partial charge in [-0.1, -0.05) is 42.5 Å². The van der Waals surface area contributed by atoms with Gasteiger partial charge in [0.05, 0.1) is 46.5 Å². The van der Waals surface area contributed by atoms with Crippen molar-refractivity contribution in [2.75, 3.05) is 0 Å². The van der Waals surface area contributed by atoms with Crippen molar-refractivity contribution in [2.45, 2.75) is 6.54 Å². The fourth-order valence-corrected chi connectivity index (χ4v) is 4.38. The maximum Gasteiger partial charge on any atom is 0.138 e. The molecule has 5 heteroatoms. The molecule has 0 aliphatic carbocycles. The highest BCUT2D eigenvalue weighted by Crippen LogP contribution is 2.32. The number of benzene rings is 2. The molecule has 33 heavy (non-hydrogen) atoms. The van der Waals surface area contributed by atoms with Gasteiger partial charge in [0.25, 0.3) is 0 Å². The van der Waals surface area contributed by atoms with Crippen LogP contribution in [0.2, 0.25) is 0 Å². The predicted octanol–water partition coefficient (Wildman–Crippen LogP) is 5.70. The summed E-state index contributed by atoms with van der Waals surface area (Å²) < 4.78 is 2.23. The molecule has 0 bridgehead atoms. The summed E-state index contributed by atoms with van der Waals surface area (Å²) in [5, 5.41) is 13.6. The van der Waals surface area contributed by atoms with E-state index < -0.39 is 0 Å². The monoisotopic (exact) mass is 425 g/mol. The van der Waals surface area contributed by atoms with E-state index in [2.05, 4.69) is 46.3 Å². The normalized spacial score (nSPS) is 12.2. The molecule has 0 saturated carbocycles. The van der Waals surface area contributed by atoms with E-state index in [1.165, 1.54) is 16.6 Å². The van der Waals surface area contributed by atoms with E-state index in [1.54, 1.807) is 0 Å². The number of nitriles is 1. The first kappa shape index (κ1) is 19.0. The van der Waals surface area contributed by atoms with Crippen molar-refractivity contribution in [2.24, 2.45) is 0 Å². The molecule has 0 atom stereocenters. The summed E-state index contributed by atoms with van der Waals surface area (Å²) in [6.07, 6.45) is 4.13. The molecule has 1 N–H and O–H groups in total. The lowest BCUT2D eigenvalue weighted by molar-refractivity contribution is 0.795. The molecule has 0 saturated heterocycles. The smallest absolute Gasteiger partial charge is 0.138 e. The highest BCUT2D eigenvalue weighted by molar-refractivity contribution is 5.93. The summed E-state index contributed by atoms with van der Waals surface area (Å²) >= 11 is 0. The Morgan fingerprint density at radius 3 is 2.39 bits per heavy atom. The van der Waals surface area contributed by atoms with E-state index in [9.17, 15) is 0 Å². The number of rotatable bonds is 3. The summed E-state index contributed by atoms with van der Waals surface area (Å²) in [5.41, 5.74) is 7.64. The molecular weight excluding hydrogens is 406 g/mol. The van der Waals surface area contributed by atoms with Gasteiger partial charge in [0.15, 0.2) is 0 Å². The Bertz CT molecular complexity index is 1570. The number of nitrogens with one attached hydrogen (secondary N) is 1. The van der Waals surface area contributed by atoms with Crippen molar-refractivity contribution in [1.29, 1.82) is 5.26 Å². The van der Waals surface area contributed by atoms with Crippen LogP contribution in [-0.2, 0) is 6.54 Å². The van der Waals surface area contributed by atoms with Crippen LogP contribution in [0.3, 0.4) is 0 Å². The quantitative estimate of drug-likeness (QED) is 0.403. The molecule has 0 spiro atoms. The molecule has 4 heterocycles. The maximum atomic E-state index is 9.05. The van der Waals surface area contributed by atoms with Crippen LogP contribution in [0.25, 0.3) is 45.4 Å². The van der Waals surface area contributed by atoms with E-state index in [-0.39, 0.29) is 0 Å². The Kier molecular flexibility index (Phi) is 4.48. The van der Waals surface area contributed by atoms with Crippen LogP contribution < -0.4 is 5.32 Å². The average molecular weight is 425 g/mol. The minimum atomic E-state index is 0.635. The summed E-state index contributed by atoms with van der Waals surface area (Å²) in [7, 11) is 0. The molecule has 1 aliphatic rings. The lowest BCUT2D eigenvalue weighted by Gasteiger charge is -2.14. The number of para-hydroxylation sites is 1. The van der Waals surface area contributed by atoms with Gasteiger partial charge in [0.2, 0.25) is 0 Å². The second-order valence-electron chi connectivity index (χ2n) is 7.91. The van der Waals surface area contributed by atoms with Crippen molar-refractivity contribution in [3.05, 3.63) is 108 Å². The standard InChI is InChI=1S/C28H19N5/c29-17-19-11-13-20(14-12-19)23-6-3-7-24(31-23)25-8-4-10-28(32-25)33-26-9-2-1-5-21(26)22-15-16-30-18-27(22)33/h1-16,30H,18H2. The molecule has 6 rings (SSSR count). The first-order chi connectivity index (χ1) is 16.3. The Morgan fingerprint density at radius 1 is 0.788 bits per heavy atom. The largest absolute Gasteiger partial charge is 0.385 e. The zero-order chi connectivity index (χ0) is 22.2. The first-order valence-electron chi connectivity index (χ1n) is 10.8. The molecule has 1 aliphatic heterocycles. The molecule has 5 nitrogen and oxygen atoms in total. The molecule has 0 fully saturated rings. The Hall–Kier alpha value is -4.69. The molecule has 2 aromatic carbocycles. The lowest BCUT2D eigenvalue weighted by atomic mass is 10.1. The van der Waals surface area contributed by atoms with Crippen LogP contribution in [0.1, 0.15) is 16.8 Å². The van der Waals surface area contributed by atoms with Gasteiger partial charge in [-0.3, -0.25) is 4.57 Å². The third-order valence-corrected chi connectivity index (χ3v) is 5.94. The van der Waals surface area contributed by atoms with Crippen LogP contribution in [-0.4, -0.2) is 14.5 Å². The maximum absolute atomic E-state index is 9.05. The summed E-state index contributed by atoms with van der Waals surface area (Å²) in [6.45, 7) is 0.749. The number of aromatic nitrogens is 3. The fourth-order valence-electron chi connectivity index (χ4n) is 4.38. The summed E-state index contributed by atoms with van der Waals surface area (Å²) in [6, 6.07) is 30.1. The first-order valence-corrected chi connectivity index (χ1v) is 10.8. The number of hydrogen-bond donors (Lipinski definition) is 1. The highest BCUT2D eigenvalue weighted by Gasteiger charge is 2.19. The van der Waals surface area contributed by atoms with Gasteiger partial charge in [-0.05, 0) is 54.7 Å². The van der Waals surface area contributed by atoms with Gasteiger partial charge in [-0.2, -0.15) is 5.26 Å². The zero-order valence-electron chi connectivity index (χ0n) is 17.7. The second kappa shape index (κ2) is 7.77. The number of pyridine rings is 2. The van der Waals surface area contributed by atoms with Gasteiger partial charge in [-0.15, -0.1) is 0 Å². The minimum absolute atomic E-state index is 0.635. The van der Waals surface area contributed by atoms with Crippen LogP contribution >= 0.6 is 0 Å². The van der Waals surface area contributed by atoms with E-state index in [0.717, 1.165) is 40.5 Å². The molecular formula is C28H19N5. The van der Waals surface area contributed by atoms with Gasteiger partial charge in [0.1, 0.15) is 5.82 Å². The van der Waals surface area contributed by atoms with Gasteiger partial charge >= 0.3 is 0 Å². The van der Waals surface area contributed by atoms with Gasteiger partial charge in [-0.25, -0.2) is 9.97 Å². The Morgan fingerprint density at radius 2 is 1.55 bits per heavy atom. The average Bonchev–Trinajstić information content (AvgIpc) is 3.23. The zero-order valence-corrected chi connectivity index (χ0v) is 17.7. The Labute approximate surface area is 191 Å². The van der Waals surface area contributed by atoms with E-state index in [0.29, 0.717) is 5.56 Å². The lowest BCUT2D eigenvalue weighted by Crippen LogP contribution is -2.14. The van der Waals surface area contributed by atoms with E-state index >= 15 is 0 Å². The van der Waals surface area contributed by atoms with Crippen molar-refractivity contribution < 1.29 is 0 Å². The van der Waals surface area contributed by atoms with Gasteiger partial charge < -0.3 is 5.32 Å². The Balaban J connectivity index is 1.46. The van der Waals surface area contributed by atoms with Crippen LogP contribution in [0, 0.1) is 11.3 Å². The second-order valence-corrected chi connectivity index (χ2v) is 7.91. The number of hydrogen-bond acceptors (Lipinski definition) is 4. The summed E-state index contributed by atoms with van der Waals surface area (Å²) in [4.78, 5) is 9.87. The fraction of sp³-hybridized carbons (Fsp3) is 0.0357. The van der Waals surface area contributed by atoms with Crippen molar-refractivity contribution in [1.82, 2.24) is 19.9 Å². The third-order valence-electron chi connectivity index (χ3n) is 5.94. The van der Waals surface area contributed by atoms with E-state index in [1.807, 2.05) is 66.9 Å². The minimum Gasteiger partial charge on any atom is -0.385 e. The van der Waals surface area contributed by atoms with Crippen LogP contribution in [0.4, 0.5) is 0 Å². The molecule has 0 amide bonds. The topological polar surface area (TPSA) is 66.5 Å². The van der Waals surface area contributed by atoms with Crippen molar-refractivity contribution in [3.8, 4) is 34.5 Å². The summed E-state index contributed by atoms with van der Waals surface area (Å²) in [5.74, 6) is 0.868. The number of nitrogens with zero attached hydrogens (tertiary/aromatic N) is 4. The van der Waals surface area contributed by atoms with E-state index in [4.69, 9.17) is 15.2 Å². The SMILES string of the molecule is N#Cc1ccc(-c2cccc(-c3cccc(-n4c5c(c6ccccc64)C=CNC5)n3)n2)cc1. The molecule has 156 valence electrons. The molecule has 5 aromatic rings. The highest BCUT2D eigenvalue weighted by atomic mass is 15.1. The third kappa shape index (κ3) is 3.26. The molecule has 3 aromatic heterocycles. The predicted molar refractivity (Wildman–Crippen MR) is 130 cm³/mol. The van der Waals surface area contributed by atoms with Crippen molar-refractivity contribution >= 4 is 17.0 Å². The van der Waals surface area contributed by atoms with Crippen LogP contribution in [0.5, 0.6) is 0 Å². The van der Waals surface area contributed by atoms with Gasteiger partial charge in [0, 0.05) is 16.5 Å². The molecule has 0 unspecified atom stereocenters. The van der Waals surface area contributed by atoms with Crippen molar-refractivity contribution in [3.63, 3.8) is 0 Å². The molecule has 0 radical (unpaired) electrons.